The van der Waals surface area contributed by atoms with Crippen LogP contribution in [-0.2, 0) is 5.60 Å². The number of methoxy groups -OCH3 is 6. The van der Waals surface area contributed by atoms with Crippen LogP contribution in [0.25, 0.3) is 10.9 Å². The van der Waals surface area contributed by atoms with Crippen molar-refractivity contribution >= 4 is 26.8 Å². The molecule has 12 heteroatoms. The number of halogens is 1. The van der Waals surface area contributed by atoms with Gasteiger partial charge in [-0.1, -0.05) is 15.9 Å². The van der Waals surface area contributed by atoms with Crippen molar-refractivity contribution in [3.63, 3.8) is 0 Å². The molecular formula is C31H37BrN4O7. The van der Waals surface area contributed by atoms with Crippen LogP contribution in [0.1, 0.15) is 29.0 Å². The molecule has 1 N–H and O–H groups in total. The van der Waals surface area contributed by atoms with Gasteiger partial charge in [-0.15, -0.1) is 0 Å². The van der Waals surface area contributed by atoms with Crippen LogP contribution in [0.2, 0.25) is 0 Å². The molecule has 3 aromatic heterocycles. The number of fused-ring (bicyclic) bond motifs is 1. The van der Waals surface area contributed by atoms with Crippen LogP contribution < -0.4 is 28.4 Å². The molecule has 0 saturated carbocycles. The lowest BCUT2D eigenvalue weighted by Gasteiger charge is -2.39. The largest absolute Gasteiger partial charge is 0.491 e. The molecule has 0 amide bonds. The fourth-order valence-electron chi connectivity index (χ4n) is 5.13. The highest BCUT2D eigenvalue weighted by molar-refractivity contribution is 9.10. The van der Waals surface area contributed by atoms with E-state index in [9.17, 15) is 5.11 Å². The third-order valence-electron chi connectivity index (χ3n) is 7.25. The van der Waals surface area contributed by atoms with Gasteiger partial charge in [0, 0.05) is 39.7 Å². The summed E-state index contributed by atoms with van der Waals surface area (Å²) in [6.45, 7) is 0.512. The molecule has 11 nitrogen and oxygen atoms in total. The van der Waals surface area contributed by atoms with Gasteiger partial charge in [0.15, 0.2) is 5.75 Å². The first-order chi connectivity index (χ1) is 20.6. The molecule has 0 saturated heterocycles. The maximum atomic E-state index is 13.2. The van der Waals surface area contributed by atoms with Crippen LogP contribution in [0.5, 0.6) is 35.1 Å². The summed E-state index contributed by atoms with van der Waals surface area (Å²) in [5.74, 6) is 0.847. The Morgan fingerprint density at radius 3 is 1.91 bits per heavy atom. The Bertz CT molecular complexity index is 1560. The maximum absolute atomic E-state index is 13.2. The summed E-state index contributed by atoms with van der Waals surface area (Å²) < 4.78 is 34.7. The second-order valence-corrected chi connectivity index (χ2v) is 11.0. The van der Waals surface area contributed by atoms with Gasteiger partial charge in [0.1, 0.15) is 5.60 Å². The van der Waals surface area contributed by atoms with Gasteiger partial charge in [-0.25, -0.2) is 4.98 Å². The van der Waals surface area contributed by atoms with Gasteiger partial charge >= 0.3 is 0 Å². The van der Waals surface area contributed by atoms with Crippen LogP contribution >= 0.6 is 15.9 Å². The molecule has 0 radical (unpaired) electrons. The number of aromatic nitrogens is 3. The lowest BCUT2D eigenvalue weighted by molar-refractivity contribution is 0.00250. The summed E-state index contributed by atoms with van der Waals surface area (Å²) in [4.78, 5) is 15.8. The van der Waals surface area contributed by atoms with Gasteiger partial charge in [-0.2, -0.15) is 9.97 Å². The first-order valence-corrected chi connectivity index (χ1v) is 14.2. The molecule has 0 fully saturated rings. The summed E-state index contributed by atoms with van der Waals surface area (Å²) in [6.07, 6.45) is 0.262. The summed E-state index contributed by atoms with van der Waals surface area (Å²) in [5.41, 5.74) is 0.694. The minimum atomic E-state index is -1.64. The number of pyridine rings is 3. The van der Waals surface area contributed by atoms with E-state index in [2.05, 4.69) is 25.9 Å². The van der Waals surface area contributed by atoms with E-state index in [4.69, 9.17) is 33.4 Å². The van der Waals surface area contributed by atoms with Gasteiger partial charge in [-0.3, -0.25) is 0 Å². The molecule has 2 atom stereocenters. The predicted octanol–water partition coefficient (Wildman–Crippen LogP) is 4.81. The molecular weight excluding hydrogens is 620 g/mol. The van der Waals surface area contributed by atoms with Crippen molar-refractivity contribution in [1.29, 1.82) is 0 Å². The van der Waals surface area contributed by atoms with Gasteiger partial charge in [0.25, 0.3) is 5.88 Å². The highest BCUT2D eigenvalue weighted by Crippen LogP contribution is 2.51. The van der Waals surface area contributed by atoms with Gasteiger partial charge in [-0.05, 0) is 56.4 Å². The second kappa shape index (κ2) is 13.6. The lowest BCUT2D eigenvalue weighted by atomic mass is 9.72. The van der Waals surface area contributed by atoms with Crippen molar-refractivity contribution in [1.82, 2.24) is 19.9 Å². The van der Waals surface area contributed by atoms with E-state index in [1.807, 2.05) is 43.3 Å². The van der Waals surface area contributed by atoms with E-state index < -0.39 is 11.5 Å². The molecule has 0 aliphatic rings. The fraction of sp³-hybridized carbons (Fsp3) is 0.387. The molecule has 0 aliphatic heterocycles. The van der Waals surface area contributed by atoms with Crippen molar-refractivity contribution in [3.8, 4) is 35.1 Å². The van der Waals surface area contributed by atoms with Crippen molar-refractivity contribution in [2.45, 2.75) is 17.9 Å². The van der Waals surface area contributed by atoms with E-state index in [1.165, 1.54) is 35.5 Å². The van der Waals surface area contributed by atoms with Crippen molar-refractivity contribution in [2.24, 2.45) is 0 Å². The van der Waals surface area contributed by atoms with E-state index in [-0.39, 0.29) is 29.9 Å². The zero-order valence-electron chi connectivity index (χ0n) is 25.6. The molecule has 4 aromatic rings. The number of hydrogen-bond donors (Lipinski definition) is 1. The molecule has 0 aliphatic carbocycles. The lowest BCUT2D eigenvalue weighted by Crippen LogP contribution is -2.38. The first-order valence-electron chi connectivity index (χ1n) is 13.4. The van der Waals surface area contributed by atoms with Crippen molar-refractivity contribution in [2.75, 3.05) is 63.3 Å². The Morgan fingerprint density at radius 2 is 1.35 bits per heavy atom. The Labute approximate surface area is 259 Å². The van der Waals surface area contributed by atoms with E-state index in [0.717, 1.165) is 15.4 Å². The molecule has 230 valence electrons. The third-order valence-corrected chi connectivity index (χ3v) is 7.75. The Kier molecular flexibility index (Phi) is 10.2. The monoisotopic (exact) mass is 656 g/mol. The number of hydrogen-bond acceptors (Lipinski definition) is 11. The first kappa shape index (κ1) is 32.1. The SMILES string of the molecule is COc1cc(C(O)(CCN(C)C)C(c2cc(OC)c(OC)nc2OC)c2cc3cc(Br)ccc3nc2OC)cc(OC)n1. The number of benzene rings is 1. The summed E-state index contributed by atoms with van der Waals surface area (Å²) >= 11 is 3.57. The highest BCUT2D eigenvalue weighted by atomic mass is 79.9. The predicted molar refractivity (Wildman–Crippen MR) is 166 cm³/mol. The molecule has 2 unspecified atom stereocenters. The summed E-state index contributed by atoms with van der Waals surface area (Å²) in [7, 11) is 13.0. The van der Waals surface area contributed by atoms with Gasteiger partial charge in [0.05, 0.1) is 54.1 Å². The molecule has 1 aromatic carbocycles. The Balaban J connectivity index is 2.17. The highest BCUT2D eigenvalue weighted by Gasteiger charge is 2.45. The zero-order valence-corrected chi connectivity index (χ0v) is 27.2. The average molecular weight is 658 g/mol. The van der Waals surface area contributed by atoms with Crippen LogP contribution in [0, 0.1) is 0 Å². The standard InChI is InChI=1S/C31H37BrN4O7/c1-36(2)12-11-31(37,19-15-25(39-4)34-26(16-19)40-5)27(22-17-24(38-3)30(43-8)35-29(22)42-7)21-14-18-13-20(32)9-10-23(18)33-28(21)41-6/h9-10,13-17,27,37H,11-12H2,1-8H3. The summed E-state index contributed by atoms with van der Waals surface area (Å²) in [6, 6.07) is 12.9. The molecule has 43 heavy (non-hydrogen) atoms. The molecule has 0 bridgehead atoms. The van der Waals surface area contributed by atoms with E-state index in [1.54, 1.807) is 25.3 Å². The summed E-state index contributed by atoms with van der Waals surface area (Å²) in [5, 5.41) is 14.0. The van der Waals surface area contributed by atoms with Gasteiger partial charge < -0.3 is 38.4 Å². The topological polar surface area (TPSA) is 118 Å². The normalized spacial score (nSPS) is 13.4. The van der Waals surface area contributed by atoms with E-state index >= 15 is 0 Å². The maximum Gasteiger partial charge on any atom is 0.260 e. The molecule has 0 spiro atoms. The van der Waals surface area contributed by atoms with Crippen molar-refractivity contribution in [3.05, 3.63) is 63.6 Å². The van der Waals surface area contributed by atoms with Crippen molar-refractivity contribution < 1.29 is 33.5 Å². The minimum Gasteiger partial charge on any atom is -0.491 e. The number of nitrogens with zero attached hydrogens (tertiary/aromatic N) is 4. The van der Waals surface area contributed by atoms with Crippen LogP contribution in [0.3, 0.4) is 0 Å². The van der Waals surface area contributed by atoms with E-state index in [0.29, 0.717) is 34.9 Å². The van der Waals surface area contributed by atoms with Crippen LogP contribution in [0.15, 0.2) is 46.9 Å². The smallest absolute Gasteiger partial charge is 0.260 e. The van der Waals surface area contributed by atoms with Crippen LogP contribution in [-0.4, -0.2) is 88.3 Å². The van der Waals surface area contributed by atoms with Crippen LogP contribution in [0.4, 0.5) is 0 Å². The second-order valence-electron chi connectivity index (χ2n) is 10.1. The quantitative estimate of drug-likeness (QED) is 0.214. The fourth-order valence-corrected chi connectivity index (χ4v) is 5.51. The van der Waals surface area contributed by atoms with Gasteiger partial charge in [0.2, 0.25) is 23.5 Å². The minimum absolute atomic E-state index is 0.232. The molecule has 3 heterocycles. The zero-order chi connectivity index (χ0) is 31.3. The molecule has 4 rings (SSSR count). The number of ether oxygens (including phenoxy) is 6. The Morgan fingerprint density at radius 1 is 0.744 bits per heavy atom. The number of aliphatic hydroxyl groups is 1. The average Bonchev–Trinajstić information content (AvgIpc) is 3.02. The number of rotatable bonds is 13. The Hall–Kier alpha value is -3.87. The third kappa shape index (κ3) is 6.56.